The van der Waals surface area contributed by atoms with E-state index in [9.17, 15) is 4.79 Å². The Morgan fingerprint density at radius 2 is 1.96 bits per heavy atom. The van der Waals surface area contributed by atoms with Crippen LogP contribution in [0.2, 0.25) is 0 Å². The molecule has 0 atom stereocenters. The number of nitrogens with zero attached hydrogens (tertiary/aromatic N) is 4. The Labute approximate surface area is 150 Å². The van der Waals surface area contributed by atoms with Gasteiger partial charge >= 0.3 is 0 Å². The smallest absolute Gasteiger partial charge is 0.250 e. The van der Waals surface area contributed by atoms with Gasteiger partial charge in [0.15, 0.2) is 5.82 Å². The van der Waals surface area contributed by atoms with Crippen LogP contribution in [-0.2, 0) is 9.53 Å². The number of hydrogen-bond donors (Lipinski definition) is 1. The van der Waals surface area contributed by atoms with Gasteiger partial charge in [0.1, 0.15) is 19.0 Å². The van der Waals surface area contributed by atoms with Gasteiger partial charge in [-0.1, -0.05) is 24.3 Å². The number of anilines is 1. The standard InChI is InChI=1S/C18H19N5O3/c1-14-20-21-22-23(14)16-7-5-6-15(12-16)19-18(24)13-25-10-11-26-17-8-3-2-4-9-17/h2-9,12H,10-11,13H2,1H3,(H,19,24). The normalized spacial score (nSPS) is 10.5. The minimum atomic E-state index is -0.240. The molecule has 1 amide bonds. The van der Waals surface area contributed by atoms with E-state index in [0.29, 0.717) is 24.7 Å². The first kappa shape index (κ1) is 17.6. The Kier molecular flexibility index (Phi) is 5.89. The van der Waals surface area contributed by atoms with Crippen LogP contribution < -0.4 is 10.1 Å². The van der Waals surface area contributed by atoms with Crippen LogP contribution in [-0.4, -0.2) is 45.9 Å². The molecule has 8 heteroatoms. The molecule has 3 aromatic rings. The van der Waals surface area contributed by atoms with Crippen molar-refractivity contribution in [1.82, 2.24) is 20.2 Å². The Balaban J connectivity index is 1.43. The molecule has 1 heterocycles. The molecule has 134 valence electrons. The van der Waals surface area contributed by atoms with Crippen LogP contribution >= 0.6 is 0 Å². The number of amides is 1. The van der Waals surface area contributed by atoms with Gasteiger partial charge in [0, 0.05) is 5.69 Å². The molecule has 1 aromatic heterocycles. The number of ether oxygens (including phenoxy) is 2. The van der Waals surface area contributed by atoms with Gasteiger partial charge in [-0.05, 0) is 47.7 Å². The molecule has 0 saturated heterocycles. The number of aryl methyl sites for hydroxylation is 1. The molecule has 0 aliphatic rings. The van der Waals surface area contributed by atoms with Gasteiger partial charge in [-0.25, -0.2) is 0 Å². The van der Waals surface area contributed by atoms with E-state index in [1.54, 1.807) is 23.7 Å². The predicted octanol–water partition coefficient (Wildman–Crippen LogP) is 2.00. The maximum absolute atomic E-state index is 12.0. The molecule has 0 radical (unpaired) electrons. The lowest BCUT2D eigenvalue weighted by molar-refractivity contribution is -0.120. The topological polar surface area (TPSA) is 91.2 Å². The summed E-state index contributed by atoms with van der Waals surface area (Å²) in [5.74, 6) is 1.20. The fourth-order valence-electron chi connectivity index (χ4n) is 2.28. The molecule has 2 aromatic carbocycles. The van der Waals surface area contributed by atoms with Crippen molar-refractivity contribution in [3.8, 4) is 11.4 Å². The summed E-state index contributed by atoms with van der Waals surface area (Å²) in [6.45, 7) is 2.46. The van der Waals surface area contributed by atoms with E-state index in [-0.39, 0.29) is 12.5 Å². The van der Waals surface area contributed by atoms with Crippen molar-refractivity contribution in [2.75, 3.05) is 25.1 Å². The number of nitrogens with one attached hydrogen (secondary N) is 1. The number of para-hydroxylation sites is 1. The number of tetrazole rings is 1. The Hall–Kier alpha value is -3.26. The van der Waals surface area contributed by atoms with Crippen molar-refractivity contribution in [3.63, 3.8) is 0 Å². The first-order valence-corrected chi connectivity index (χ1v) is 8.13. The number of rotatable bonds is 8. The number of benzene rings is 2. The van der Waals surface area contributed by atoms with Crippen molar-refractivity contribution in [2.45, 2.75) is 6.92 Å². The van der Waals surface area contributed by atoms with E-state index < -0.39 is 0 Å². The minimum Gasteiger partial charge on any atom is -0.491 e. The Morgan fingerprint density at radius 1 is 1.12 bits per heavy atom. The van der Waals surface area contributed by atoms with Gasteiger partial charge in [-0.3, -0.25) is 4.79 Å². The largest absolute Gasteiger partial charge is 0.491 e. The fraction of sp³-hybridized carbons (Fsp3) is 0.222. The number of hydrogen-bond acceptors (Lipinski definition) is 6. The lowest BCUT2D eigenvalue weighted by Crippen LogP contribution is -2.20. The highest BCUT2D eigenvalue weighted by Gasteiger charge is 2.07. The zero-order valence-corrected chi connectivity index (χ0v) is 14.3. The molecule has 26 heavy (non-hydrogen) atoms. The van der Waals surface area contributed by atoms with Crippen LogP contribution in [0.25, 0.3) is 5.69 Å². The van der Waals surface area contributed by atoms with Crippen LogP contribution in [0.15, 0.2) is 54.6 Å². The van der Waals surface area contributed by atoms with Gasteiger partial charge < -0.3 is 14.8 Å². The van der Waals surface area contributed by atoms with E-state index in [2.05, 4.69) is 20.8 Å². The minimum absolute atomic E-state index is 0.0493. The maximum Gasteiger partial charge on any atom is 0.250 e. The summed E-state index contributed by atoms with van der Waals surface area (Å²) in [6, 6.07) is 16.7. The molecule has 0 fully saturated rings. The van der Waals surface area contributed by atoms with Crippen molar-refractivity contribution in [1.29, 1.82) is 0 Å². The van der Waals surface area contributed by atoms with Crippen molar-refractivity contribution < 1.29 is 14.3 Å². The highest BCUT2D eigenvalue weighted by Crippen LogP contribution is 2.14. The third kappa shape index (κ3) is 4.87. The average molecular weight is 353 g/mol. The number of aromatic nitrogens is 4. The van der Waals surface area contributed by atoms with E-state index in [1.165, 1.54) is 0 Å². The quantitative estimate of drug-likeness (QED) is 0.623. The summed E-state index contributed by atoms with van der Waals surface area (Å²) in [4.78, 5) is 12.0. The molecule has 8 nitrogen and oxygen atoms in total. The van der Waals surface area contributed by atoms with Gasteiger partial charge in [-0.15, -0.1) is 5.10 Å². The van der Waals surface area contributed by atoms with Crippen LogP contribution in [0.5, 0.6) is 5.75 Å². The third-order valence-electron chi connectivity index (χ3n) is 3.47. The average Bonchev–Trinajstić information content (AvgIpc) is 3.08. The Bertz CT molecular complexity index is 851. The molecule has 0 bridgehead atoms. The van der Waals surface area contributed by atoms with E-state index in [1.807, 2.05) is 42.5 Å². The monoisotopic (exact) mass is 353 g/mol. The summed E-state index contributed by atoms with van der Waals surface area (Å²) in [5, 5.41) is 14.1. The van der Waals surface area contributed by atoms with Gasteiger partial charge in [0.05, 0.1) is 12.3 Å². The second-order valence-electron chi connectivity index (χ2n) is 5.45. The zero-order valence-electron chi connectivity index (χ0n) is 14.3. The molecule has 1 N–H and O–H groups in total. The third-order valence-corrected chi connectivity index (χ3v) is 3.47. The van der Waals surface area contributed by atoms with Gasteiger partial charge in [0.25, 0.3) is 0 Å². The maximum atomic E-state index is 12.0. The first-order valence-electron chi connectivity index (χ1n) is 8.13. The van der Waals surface area contributed by atoms with E-state index >= 15 is 0 Å². The van der Waals surface area contributed by atoms with Crippen molar-refractivity contribution >= 4 is 11.6 Å². The highest BCUT2D eigenvalue weighted by atomic mass is 16.5. The van der Waals surface area contributed by atoms with E-state index in [0.717, 1.165) is 11.4 Å². The molecule has 0 saturated carbocycles. The highest BCUT2D eigenvalue weighted by molar-refractivity contribution is 5.91. The van der Waals surface area contributed by atoms with E-state index in [4.69, 9.17) is 9.47 Å². The molecule has 0 aliphatic carbocycles. The van der Waals surface area contributed by atoms with Crippen LogP contribution in [0, 0.1) is 6.92 Å². The molecule has 0 spiro atoms. The summed E-state index contributed by atoms with van der Waals surface area (Å²) in [7, 11) is 0. The number of carbonyl (C=O) groups is 1. The molecule has 0 aliphatic heterocycles. The van der Waals surface area contributed by atoms with Gasteiger partial charge in [0.2, 0.25) is 5.91 Å². The first-order chi connectivity index (χ1) is 12.7. The summed E-state index contributed by atoms with van der Waals surface area (Å²) in [5.41, 5.74) is 1.41. The zero-order chi connectivity index (χ0) is 18.2. The second kappa shape index (κ2) is 8.72. The van der Waals surface area contributed by atoms with Crippen LogP contribution in [0.3, 0.4) is 0 Å². The lowest BCUT2D eigenvalue weighted by atomic mass is 10.2. The fourth-order valence-corrected chi connectivity index (χ4v) is 2.28. The SMILES string of the molecule is Cc1nnnn1-c1cccc(NC(=O)COCCOc2ccccc2)c1. The van der Waals surface area contributed by atoms with Crippen molar-refractivity contribution in [3.05, 3.63) is 60.4 Å². The van der Waals surface area contributed by atoms with Crippen molar-refractivity contribution in [2.24, 2.45) is 0 Å². The van der Waals surface area contributed by atoms with Crippen LogP contribution in [0.1, 0.15) is 5.82 Å². The molecular weight excluding hydrogens is 334 g/mol. The van der Waals surface area contributed by atoms with Gasteiger partial charge in [-0.2, -0.15) is 4.68 Å². The molecule has 3 rings (SSSR count). The summed E-state index contributed by atoms with van der Waals surface area (Å²) in [6.07, 6.45) is 0. The lowest BCUT2D eigenvalue weighted by Gasteiger charge is -2.09. The molecule has 0 unspecified atom stereocenters. The summed E-state index contributed by atoms with van der Waals surface area (Å²) < 4.78 is 12.4. The Morgan fingerprint density at radius 3 is 2.73 bits per heavy atom. The predicted molar refractivity (Wildman–Crippen MR) is 95.3 cm³/mol. The van der Waals surface area contributed by atoms with Crippen LogP contribution in [0.4, 0.5) is 5.69 Å². The number of carbonyl (C=O) groups excluding carboxylic acids is 1. The summed E-state index contributed by atoms with van der Waals surface area (Å²) >= 11 is 0. The second-order valence-corrected chi connectivity index (χ2v) is 5.45. The molecular formula is C18H19N5O3.